The summed E-state index contributed by atoms with van der Waals surface area (Å²) in [7, 11) is 0. The largest absolute Gasteiger partial charge is 0.451 e. The Kier molecular flexibility index (Phi) is 9.87. The lowest BCUT2D eigenvalue weighted by Gasteiger charge is -2.27. The van der Waals surface area contributed by atoms with E-state index in [1.807, 2.05) is 25.3 Å². The molecule has 1 fully saturated rings. The highest BCUT2D eigenvalue weighted by molar-refractivity contribution is 7.98. The summed E-state index contributed by atoms with van der Waals surface area (Å²) in [6.45, 7) is 2.50. The zero-order valence-electron chi connectivity index (χ0n) is 22.0. The topological polar surface area (TPSA) is 83.4 Å². The fourth-order valence-electron chi connectivity index (χ4n) is 4.85. The monoisotopic (exact) mass is 537 g/mol. The van der Waals surface area contributed by atoms with Crippen LogP contribution in [0.4, 0.5) is 10.1 Å². The number of anilines is 1. The fraction of sp³-hybridized carbons (Fsp3) is 0.400. The first-order valence-electron chi connectivity index (χ1n) is 13.3. The maximum atomic E-state index is 13.6. The van der Waals surface area contributed by atoms with Crippen molar-refractivity contribution in [2.45, 2.75) is 62.4 Å². The zero-order valence-corrected chi connectivity index (χ0v) is 22.8. The molecule has 1 aliphatic carbocycles. The standard InChI is InChI=1S/C30H36FN3O3S/c1-20(19-32-24-11-13-25(38-2)14-12-24)33-29(35)26(17-21-7-4-3-5-8-21)34-30(36)28-16-15-27(37-28)22-9-6-10-23(31)18-22/h6,9-16,18,20-21,26,32H,3-5,7-8,17,19H2,1-2H3,(H,33,35)(H,34,36)/t20-,26?/m0/s1. The van der Waals surface area contributed by atoms with Crippen molar-refractivity contribution in [3.8, 4) is 11.3 Å². The highest BCUT2D eigenvalue weighted by Crippen LogP contribution is 2.28. The van der Waals surface area contributed by atoms with E-state index in [1.165, 1.54) is 23.4 Å². The SMILES string of the molecule is CSc1ccc(NC[C@H](C)NC(=O)C(CC2CCCCC2)NC(=O)c2ccc(-c3cccc(F)c3)o2)cc1. The highest BCUT2D eigenvalue weighted by Gasteiger charge is 2.28. The zero-order chi connectivity index (χ0) is 26.9. The Morgan fingerprint density at radius 3 is 2.50 bits per heavy atom. The van der Waals surface area contributed by atoms with Crippen LogP contribution in [-0.4, -0.2) is 36.7 Å². The Morgan fingerprint density at radius 2 is 1.79 bits per heavy atom. The summed E-state index contributed by atoms with van der Waals surface area (Å²) in [6.07, 6.45) is 8.27. The third kappa shape index (κ3) is 7.87. The van der Waals surface area contributed by atoms with Crippen molar-refractivity contribution in [1.82, 2.24) is 10.6 Å². The van der Waals surface area contributed by atoms with E-state index >= 15 is 0 Å². The second-order valence-corrected chi connectivity index (χ2v) is 10.8. The molecule has 2 amide bonds. The molecule has 8 heteroatoms. The second kappa shape index (κ2) is 13.5. The third-order valence-electron chi connectivity index (χ3n) is 6.95. The van der Waals surface area contributed by atoms with Crippen molar-refractivity contribution in [2.75, 3.05) is 18.1 Å². The lowest BCUT2D eigenvalue weighted by Crippen LogP contribution is -2.51. The Balaban J connectivity index is 1.38. The molecule has 1 unspecified atom stereocenters. The van der Waals surface area contributed by atoms with Gasteiger partial charge in [0.15, 0.2) is 5.76 Å². The summed E-state index contributed by atoms with van der Waals surface area (Å²) < 4.78 is 19.3. The number of rotatable bonds is 11. The van der Waals surface area contributed by atoms with E-state index in [4.69, 9.17) is 4.42 Å². The van der Waals surface area contributed by atoms with Gasteiger partial charge < -0.3 is 20.4 Å². The van der Waals surface area contributed by atoms with Gasteiger partial charge in [-0.15, -0.1) is 11.8 Å². The van der Waals surface area contributed by atoms with E-state index < -0.39 is 11.9 Å². The van der Waals surface area contributed by atoms with Gasteiger partial charge in [-0.3, -0.25) is 9.59 Å². The molecule has 202 valence electrons. The summed E-state index contributed by atoms with van der Waals surface area (Å²) in [5.41, 5.74) is 1.54. The van der Waals surface area contributed by atoms with Crippen molar-refractivity contribution in [3.05, 3.63) is 72.2 Å². The highest BCUT2D eigenvalue weighted by atomic mass is 32.2. The average Bonchev–Trinajstić information content (AvgIpc) is 3.43. The summed E-state index contributed by atoms with van der Waals surface area (Å²) in [6, 6.07) is 16.6. The summed E-state index contributed by atoms with van der Waals surface area (Å²) in [5.74, 6) is -0.157. The first-order valence-corrected chi connectivity index (χ1v) is 14.5. The molecule has 2 aromatic carbocycles. The quantitative estimate of drug-likeness (QED) is 0.244. The van der Waals surface area contributed by atoms with E-state index in [0.717, 1.165) is 31.4 Å². The van der Waals surface area contributed by atoms with Crippen molar-refractivity contribution in [2.24, 2.45) is 5.92 Å². The molecular formula is C30H36FN3O3S. The lowest BCUT2D eigenvalue weighted by molar-refractivity contribution is -0.124. The number of nitrogens with one attached hydrogen (secondary N) is 3. The molecule has 0 bridgehead atoms. The van der Waals surface area contributed by atoms with E-state index in [2.05, 4.69) is 28.1 Å². The molecule has 0 spiro atoms. The Bertz CT molecular complexity index is 1210. The van der Waals surface area contributed by atoms with Gasteiger partial charge in [0.2, 0.25) is 5.91 Å². The van der Waals surface area contributed by atoms with Crippen molar-refractivity contribution < 1.29 is 18.4 Å². The molecule has 2 atom stereocenters. The average molecular weight is 538 g/mol. The van der Waals surface area contributed by atoms with Crippen LogP contribution in [0.5, 0.6) is 0 Å². The molecule has 1 aromatic heterocycles. The van der Waals surface area contributed by atoms with Crippen LogP contribution >= 0.6 is 11.8 Å². The van der Waals surface area contributed by atoms with Gasteiger partial charge in [-0.25, -0.2) is 4.39 Å². The molecule has 3 N–H and O–H groups in total. The molecule has 0 aliphatic heterocycles. The van der Waals surface area contributed by atoms with E-state index in [9.17, 15) is 14.0 Å². The number of carbonyl (C=O) groups excluding carboxylic acids is 2. The maximum absolute atomic E-state index is 13.6. The number of hydrogen-bond acceptors (Lipinski definition) is 5. The molecule has 4 rings (SSSR count). The second-order valence-electron chi connectivity index (χ2n) is 9.96. The number of thioether (sulfide) groups is 1. The predicted molar refractivity (Wildman–Crippen MR) is 151 cm³/mol. The number of hydrogen-bond donors (Lipinski definition) is 3. The van der Waals surface area contributed by atoms with Gasteiger partial charge in [0.1, 0.15) is 17.6 Å². The van der Waals surface area contributed by atoms with E-state index in [0.29, 0.717) is 30.2 Å². The lowest BCUT2D eigenvalue weighted by atomic mass is 9.84. The first kappa shape index (κ1) is 27.8. The number of furan rings is 1. The molecule has 0 saturated heterocycles. The molecule has 1 heterocycles. The van der Waals surface area contributed by atoms with Gasteiger partial charge in [-0.1, -0.05) is 44.2 Å². The van der Waals surface area contributed by atoms with Crippen LogP contribution in [-0.2, 0) is 4.79 Å². The van der Waals surface area contributed by atoms with Gasteiger partial charge >= 0.3 is 0 Å². The van der Waals surface area contributed by atoms with Crippen LogP contribution in [0.2, 0.25) is 0 Å². The van der Waals surface area contributed by atoms with Gasteiger partial charge in [0.05, 0.1) is 0 Å². The molecule has 6 nitrogen and oxygen atoms in total. The number of benzene rings is 2. The number of carbonyl (C=O) groups is 2. The molecule has 1 aliphatic rings. The minimum atomic E-state index is -0.670. The van der Waals surface area contributed by atoms with Crippen LogP contribution in [0, 0.1) is 11.7 Å². The number of halogens is 1. The van der Waals surface area contributed by atoms with E-state index in [-0.39, 0.29) is 23.5 Å². The molecule has 1 saturated carbocycles. The summed E-state index contributed by atoms with van der Waals surface area (Å²) in [5, 5.41) is 9.33. The van der Waals surface area contributed by atoms with Crippen molar-refractivity contribution in [1.29, 1.82) is 0 Å². The van der Waals surface area contributed by atoms with Crippen LogP contribution < -0.4 is 16.0 Å². The minimum Gasteiger partial charge on any atom is -0.451 e. The van der Waals surface area contributed by atoms with Gasteiger partial charge in [-0.2, -0.15) is 0 Å². The predicted octanol–water partition coefficient (Wildman–Crippen LogP) is 6.49. The Morgan fingerprint density at radius 1 is 1.03 bits per heavy atom. The number of amides is 2. The summed E-state index contributed by atoms with van der Waals surface area (Å²) in [4.78, 5) is 27.6. The van der Waals surface area contributed by atoms with Gasteiger partial charge in [0, 0.05) is 28.7 Å². The van der Waals surface area contributed by atoms with Crippen molar-refractivity contribution in [3.63, 3.8) is 0 Å². The Hall–Kier alpha value is -3.26. The van der Waals surface area contributed by atoms with Crippen molar-refractivity contribution >= 4 is 29.3 Å². The van der Waals surface area contributed by atoms with Crippen LogP contribution in [0.3, 0.4) is 0 Å². The normalized spacial score (nSPS) is 15.4. The van der Waals surface area contributed by atoms with Crippen LogP contribution in [0.15, 0.2) is 70.0 Å². The first-order chi connectivity index (χ1) is 18.4. The molecule has 3 aromatic rings. The van der Waals surface area contributed by atoms with E-state index in [1.54, 1.807) is 36.0 Å². The maximum Gasteiger partial charge on any atom is 0.287 e. The van der Waals surface area contributed by atoms with Crippen LogP contribution in [0.1, 0.15) is 56.0 Å². The molecule has 0 radical (unpaired) electrons. The van der Waals surface area contributed by atoms with Crippen LogP contribution in [0.25, 0.3) is 11.3 Å². The fourth-order valence-corrected chi connectivity index (χ4v) is 5.26. The van der Waals surface area contributed by atoms with Gasteiger partial charge in [-0.05, 0) is 74.0 Å². The Labute approximate surface area is 228 Å². The third-order valence-corrected chi connectivity index (χ3v) is 7.69. The smallest absolute Gasteiger partial charge is 0.287 e. The minimum absolute atomic E-state index is 0.0918. The van der Waals surface area contributed by atoms with Gasteiger partial charge in [0.25, 0.3) is 5.91 Å². The summed E-state index contributed by atoms with van der Waals surface area (Å²) >= 11 is 1.69. The molecule has 38 heavy (non-hydrogen) atoms. The molecular weight excluding hydrogens is 501 g/mol.